The highest BCUT2D eigenvalue weighted by Gasteiger charge is 2.18. The average Bonchev–Trinajstić information content (AvgIpc) is 3.16. The number of nitrogens with one attached hydrogen (secondary N) is 1. The third-order valence-electron chi connectivity index (χ3n) is 6.31. The Labute approximate surface area is 203 Å². The van der Waals surface area contributed by atoms with Crippen molar-refractivity contribution in [3.8, 4) is 5.69 Å². The van der Waals surface area contributed by atoms with Crippen LogP contribution in [0.2, 0.25) is 0 Å². The summed E-state index contributed by atoms with van der Waals surface area (Å²) in [5, 5.41) is 13.3. The van der Waals surface area contributed by atoms with E-state index in [0.29, 0.717) is 23.5 Å². The van der Waals surface area contributed by atoms with Crippen molar-refractivity contribution >= 4 is 28.4 Å². The van der Waals surface area contributed by atoms with Crippen LogP contribution in [0.15, 0.2) is 72.2 Å². The molecule has 0 spiro atoms. The minimum absolute atomic E-state index is 0.0926. The van der Waals surface area contributed by atoms with Gasteiger partial charge in [0.05, 0.1) is 18.8 Å². The van der Waals surface area contributed by atoms with Gasteiger partial charge in [-0.2, -0.15) is 4.98 Å². The fraction of sp³-hybridized carbons (Fsp3) is 0.269. The van der Waals surface area contributed by atoms with Crippen LogP contribution in [0, 0.1) is 0 Å². The number of aromatic nitrogens is 4. The second kappa shape index (κ2) is 9.73. The summed E-state index contributed by atoms with van der Waals surface area (Å²) >= 11 is 0. The molecule has 9 heteroatoms. The Morgan fingerprint density at radius 3 is 2.57 bits per heavy atom. The minimum Gasteiger partial charge on any atom is -0.392 e. The largest absolute Gasteiger partial charge is 0.392 e. The minimum atomic E-state index is -0.197. The molecule has 9 nitrogen and oxygen atoms in total. The molecule has 2 aromatic heterocycles. The van der Waals surface area contributed by atoms with E-state index in [-0.39, 0.29) is 12.2 Å². The highest BCUT2D eigenvalue weighted by Crippen LogP contribution is 2.23. The topological polar surface area (TPSA) is 91.5 Å². The molecule has 5 rings (SSSR count). The normalized spacial score (nSPS) is 14.4. The van der Waals surface area contributed by atoms with Crippen LogP contribution in [0.3, 0.4) is 0 Å². The summed E-state index contributed by atoms with van der Waals surface area (Å²) in [6, 6.07) is 15.6. The SMILES string of the molecule is C=CCn1c(=O)c2cnc(Nc3ccc(N4CCN(C)CC4)cc3)nc2n1-c1cccc(CO)c1. The zero-order chi connectivity index (χ0) is 24.4. The van der Waals surface area contributed by atoms with Crippen molar-refractivity contribution in [3.63, 3.8) is 0 Å². The summed E-state index contributed by atoms with van der Waals surface area (Å²) in [6.45, 7) is 8.15. The van der Waals surface area contributed by atoms with Gasteiger partial charge in [0, 0.05) is 43.8 Å². The first kappa shape index (κ1) is 22.8. The molecule has 1 aliphatic heterocycles. The molecule has 1 fully saturated rings. The number of rotatable bonds is 7. The number of hydrogen-bond donors (Lipinski definition) is 2. The number of aliphatic hydroxyl groups is 1. The summed E-state index contributed by atoms with van der Waals surface area (Å²) in [7, 11) is 2.15. The maximum absolute atomic E-state index is 13.1. The van der Waals surface area contributed by atoms with Crippen LogP contribution in [-0.2, 0) is 13.2 Å². The van der Waals surface area contributed by atoms with Gasteiger partial charge in [-0.3, -0.25) is 4.79 Å². The van der Waals surface area contributed by atoms with E-state index in [1.165, 1.54) is 5.69 Å². The van der Waals surface area contributed by atoms with Gasteiger partial charge in [-0.05, 0) is 49.0 Å². The van der Waals surface area contributed by atoms with E-state index in [2.05, 4.69) is 45.9 Å². The molecule has 0 unspecified atom stereocenters. The maximum atomic E-state index is 13.1. The van der Waals surface area contributed by atoms with Gasteiger partial charge in [-0.15, -0.1) is 6.58 Å². The first-order valence-electron chi connectivity index (χ1n) is 11.7. The van der Waals surface area contributed by atoms with Crippen LogP contribution < -0.4 is 15.8 Å². The number of hydrogen-bond acceptors (Lipinski definition) is 7. The first-order valence-corrected chi connectivity index (χ1v) is 11.7. The number of aliphatic hydroxyl groups excluding tert-OH is 1. The van der Waals surface area contributed by atoms with Crippen molar-refractivity contribution in [2.45, 2.75) is 13.2 Å². The van der Waals surface area contributed by atoms with E-state index in [4.69, 9.17) is 4.98 Å². The molecule has 3 heterocycles. The second-order valence-electron chi connectivity index (χ2n) is 8.71. The fourth-order valence-corrected chi connectivity index (χ4v) is 4.37. The van der Waals surface area contributed by atoms with Crippen LogP contribution in [-0.4, -0.2) is 62.6 Å². The van der Waals surface area contributed by atoms with Crippen LogP contribution in [0.4, 0.5) is 17.3 Å². The lowest BCUT2D eigenvalue weighted by Gasteiger charge is -2.34. The van der Waals surface area contributed by atoms with E-state index in [1.807, 2.05) is 36.4 Å². The van der Waals surface area contributed by atoms with Crippen molar-refractivity contribution in [2.24, 2.45) is 0 Å². The Kier molecular flexibility index (Phi) is 6.35. The lowest BCUT2D eigenvalue weighted by molar-refractivity contribution is 0.282. The average molecular weight is 472 g/mol. The van der Waals surface area contributed by atoms with E-state index in [0.717, 1.165) is 43.1 Å². The lowest BCUT2D eigenvalue weighted by atomic mass is 10.2. The summed E-state index contributed by atoms with van der Waals surface area (Å²) in [6.07, 6.45) is 3.22. The molecule has 2 aromatic carbocycles. The standard InChI is InChI=1S/C26H29N7O2/c1-3-11-32-25(35)23-17-27-26(29-24(23)33(32)22-6-4-5-19(16-22)18-34)28-20-7-9-21(10-8-20)31-14-12-30(2)13-15-31/h3-10,16-17,34H,1,11-15,18H2,2H3,(H,27,28,29). The summed E-state index contributed by atoms with van der Waals surface area (Å²) in [5.41, 5.74) is 3.82. The smallest absolute Gasteiger partial charge is 0.278 e. The van der Waals surface area contributed by atoms with Crippen molar-refractivity contribution in [1.29, 1.82) is 0 Å². The van der Waals surface area contributed by atoms with Gasteiger partial charge < -0.3 is 20.2 Å². The van der Waals surface area contributed by atoms with E-state index in [9.17, 15) is 9.90 Å². The van der Waals surface area contributed by atoms with Gasteiger partial charge in [0.15, 0.2) is 5.65 Å². The zero-order valence-corrected chi connectivity index (χ0v) is 19.8. The third kappa shape index (κ3) is 4.55. The lowest BCUT2D eigenvalue weighted by Crippen LogP contribution is -2.44. The van der Waals surface area contributed by atoms with E-state index >= 15 is 0 Å². The number of allylic oxidation sites excluding steroid dienone is 1. The Morgan fingerprint density at radius 1 is 1.09 bits per heavy atom. The Morgan fingerprint density at radius 2 is 1.86 bits per heavy atom. The van der Waals surface area contributed by atoms with Gasteiger partial charge in [0.2, 0.25) is 5.95 Å². The van der Waals surface area contributed by atoms with Crippen LogP contribution in [0.1, 0.15) is 5.56 Å². The highest BCUT2D eigenvalue weighted by molar-refractivity contribution is 5.77. The van der Waals surface area contributed by atoms with Gasteiger partial charge >= 0.3 is 0 Å². The first-order chi connectivity index (χ1) is 17.1. The molecule has 0 aliphatic carbocycles. The molecule has 1 saturated heterocycles. The van der Waals surface area contributed by atoms with Gasteiger partial charge in [-0.1, -0.05) is 18.2 Å². The van der Waals surface area contributed by atoms with Crippen molar-refractivity contribution in [1.82, 2.24) is 24.2 Å². The summed E-state index contributed by atoms with van der Waals surface area (Å²) < 4.78 is 3.32. The maximum Gasteiger partial charge on any atom is 0.278 e. The number of nitrogens with zero attached hydrogens (tertiary/aromatic N) is 6. The number of piperazine rings is 1. The number of fused-ring (bicyclic) bond motifs is 1. The van der Waals surface area contributed by atoms with Crippen LogP contribution in [0.25, 0.3) is 16.7 Å². The monoisotopic (exact) mass is 471 g/mol. The molecule has 35 heavy (non-hydrogen) atoms. The van der Waals surface area contributed by atoms with E-state index < -0.39 is 0 Å². The Bertz CT molecular complexity index is 1400. The molecule has 2 N–H and O–H groups in total. The third-order valence-corrected chi connectivity index (χ3v) is 6.31. The van der Waals surface area contributed by atoms with Gasteiger partial charge in [0.25, 0.3) is 5.56 Å². The summed E-state index contributed by atoms with van der Waals surface area (Å²) in [4.78, 5) is 26.9. The highest BCUT2D eigenvalue weighted by atomic mass is 16.3. The quantitative estimate of drug-likeness (QED) is 0.401. The molecule has 0 saturated carbocycles. The van der Waals surface area contributed by atoms with Gasteiger partial charge in [0.1, 0.15) is 5.39 Å². The molecular weight excluding hydrogens is 442 g/mol. The number of likely N-dealkylation sites (N-methyl/N-ethyl adjacent to an activating group) is 1. The zero-order valence-electron chi connectivity index (χ0n) is 19.8. The number of anilines is 3. The second-order valence-corrected chi connectivity index (χ2v) is 8.71. The Balaban J connectivity index is 1.48. The van der Waals surface area contributed by atoms with Crippen molar-refractivity contribution in [3.05, 3.63) is 83.3 Å². The predicted molar refractivity (Wildman–Crippen MR) is 139 cm³/mol. The fourth-order valence-electron chi connectivity index (χ4n) is 4.37. The number of benzene rings is 2. The van der Waals surface area contributed by atoms with Crippen molar-refractivity contribution < 1.29 is 5.11 Å². The summed E-state index contributed by atoms with van der Waals surface area (Å²) in [5.74, 6) is 0.396. The van der Waals surface area contributed by atoms with Gasteiger partial charge in [-0.25, -0.2) is 14.3 Å². The molecule has 1 aliphatic rings. The van der Waals surface area contributed by atoms with Crippen LogP contribution >= 0.6 is 0 Å². The molecule has 4 aromatic rings. The van der Waals surface area contributed by atoms with E-state index in [1.54, 1.807) is 21.6 Å². The molecule has 0 radical (unpaired) electrons. The molecule has 0 atom stereocenters. The van der Waals surface area contributed by atoms with Crippen LogP contribution in [0.5, 0.6) is 0 Å². The Hall–Kier alpha value is -3.95. The molecule has 0 amide bonds. The molecule has 0 bridgehead atoms. The molecular formula is C26H29N7O2. The van der Waals surface area contributed by atoms with Crippen molar-refractivity contribution in [2.75, 3.05) is 43.4 Å². The molecule has 180 valence electrons. The predicted octanol–water partition coefficient (Wildman–Crippen LogP) is 2.76.